The number of nitrogens with two attached hydrogens (primary N) is 1. The molecule has 1 unspecified atom stereocenters. The SMILES string of the molecule is Cc1nc(CC(N)C2(N(C)C)CCCC2)cs1. The van der Waals surface area contributed by atoms with Gasteiger partial charge in [-0.15, -0.1) is 11.3 Å². The fourth-order valence-electron chi connectivity index (χ4n) is 3.05. The maximum atomic E-state index is 6.48. The van der Waals surface area contributed by atoms with Crippen molar-refractivity contribution in [2.75, 3.05) is 14.1 Å². The number of aryl methyl sites for hydroxylation is 1. The molecule has 0 saturated heterocycles. The lowest BCUT2D eigenvalue weighted by Gasteiger charge is -2.41. The zero-order valence-electron chi connectivity index (χ0n) is 11.1. The molecule has 0 radical (unpaired) electrons. The second kappa shape index (κ2) is 5.04. The zero-order valence-corrected chi connectivity index (χ0v) is 11.9. The van der Waals surface area contributed by atoms with Gasteiger partial charge in [-0.25, -0.2) is 4.98 Å². The van der Waals surface area contributed by atoms with Crippen molar-refractivity contribution in [3.63, 3.8) is 0 Å². The van der Waals surface area contributed by atoms with Crippen molar-refractivity contribution in [2.24, 2.45) is 5.73 Å². The maximum absolute atomic E-state index is 6.48. The summed E-state index contributed by atoms with van der Waals surface area (Å²) in [6, 6.07) is 0.196. The third-order valence-electron chi connectivity index (χ3n) is 4.15. The van der Waals surface area contributed by atoms with Crippen molar-refractivity contribution in [1.82, 2.24) is 9.88 Å². The molecule has 1 aromatic rings. The van der Waals surface area contributed by atoms with Crippen LogP contribution in [0.5, 0.6) is 0 Å². The highest BCUT2D eigenvalue weighted by Gasteiger charge is 2.41. The second-order valence-corrected chi connectivity index (χ2v) is 6.44. The first-order valence-electron chi connectivity index (χ1n) is 6.38. The molecule has 2 N–H and O–H groups in total. The predicted octanol–water partition coefficient (Wildman–Crippen LogP) is 2.20. The Morgan fingerprint density at radius 1 is 1.47 bits per heavy atom. The first-order valence-corrected chi connectivity index (χ1v) is 7.26. The van der Waals surface area contributed by atoms with E-state index in [0.29, 0.717) is 0 Å². The Labute approximate surface area is 108 Å². The molecule has 0 aliphatic heterocycles. The van der Waals surface area contributed by atoms with E-state index in [2.05, 4.69) is 36.3 Å². The molecule has 1 aliphatic carbocycles. The van der Waals surface area contributed by atoms with E-state index >= 15 is 0 Å². The van der Waals surface area contributed by atoms with Crippen molar-refractivity contribution < 1.29 is 0 Å². The molecule has 1 aliphatic rings. The molecule has 0 spiro atoms. The molecule has 3 nitrogen and oxygen atoms in total. The van der Waals surface area contributed by atoms with E-state index in [-0.39, 0.29) is 11.6 Å². The summed E-state index contributed by atoms with van der Waals surface area (Å²) in [5, 5.41) is 3.28. The zero-order chi connectivity index (χ0) is 12.5. The number of aromatic nitrogens is 1. The van der Waals surface area contributed by atoms with Crippen LogP contribution in [0.3, 0.4) is 0 Å². The Morgan fingerprint density at radius 3 is 2.59 bits per heavy atom. The molecule has 0 aromatic carbocycles. The molecule has 1 fully saturated rings. The third-order valence-corrected chi connectivity index (χ3v) is 4.97. The van der Waals surface area contributed by atoms with Crippen molar-refractivity contribution in [3.05, 3.63) is 16.1 Å². The van der Waals surface area contributed by atoms with Gasteiger partial charge in [0.15, 0.2) is 0 Å². The Bertz CT molecular complexity index is 366. The van der Waals surface area contributed by atoms with Gasteiger partial charge in [0.2, 0.25) is 0 Å². The lowest BCUT2D eigenvalue weighted by atomic mass is 9.85. The molecule has 4 heteroatoms. The monoisotopic (exact) mass is 253 g/mol. The van der Waals surface area contributed by atoms with Crippen molar-refractivity contribution in [3.8, 4) is 0 Å². The van der Waals surface area contributed by atoms with Crippen LogP contribution < -0.4 is 5.73 Å². The normalized spacial score (nSPS) is 21.0. The van der Waals surface area contributed by atoms with Crippen LogP contribution >= 0.6 is 11.3 Å². The maximum Gasteiger partial charge on any atom is 0.0897 e. The van der Waals surface area contributed by atoms with Crippen LogP contribution in [0.15, 0.2) is 5.38 Å². The van der Waals surface area contributed by atoms with Crippen molar-refractivity contribution in [1.29, 1.82) is 0 Å². The number of likely N-dealkylation sites (N-methyl/N-ethyl adjacent to an activating group) is 1. The summed E-state index contributed by atoms with van der Waals surface area (Å²) in [5.74, 6) is 0. The quantitative estimate of drug-likeness (QED) is 0.894. The van der Waals surface area contributed by atoms with Gasteiger partial charge in [0, 0.05) is 23.4 Å². The largest absolute Gasteiger partial charge is 0.326 e. The van der Waals surface area contributed by atoms with Gasteiger partial charge in [0.1, 0.15) is 0 Å². The van der Waals surface area contributed by atoms with Crippen LogP contribution in [0.2, 0.25) is 0 Å². The Kier molecular flexibility index (Phi) is 3.85. The van der Waals surface area contributed by atoms with Crippen LogP contribution in [0.4, 0.5) is 0 Å². The average molecular weight is 253 g/mol. The Morgan fingerprint density at radius 2 is 2.12 bits per heavy atom. The molecule has 17 heavy (non-hydrogen) atoms. The van der Waals surface area contributed by atoms with E-state index in [0.717, 1.165) is 17.1 Å². The van der Waals surface area contributed by atoms with Crippen LogP contribution in [0.25, 0.3) is 0 Å². The molecule has 1 heterocycles. The molecule has 1 atom stereocenters. The predicted molar refractivity (Wildman–Crippen MR) is 73.4 cm³/mol. The van der Waals surface area contributed by atoms with E-state index in [1.165, 1.54) is 25.7 Å². The van der Waals surface area contributed by atoms with Gasteiger partial charge in [-0.1, -0.05) is 12.8 Å². The summed E-state index contributed by atoms with van der Waals surface area (Å²) in [6.45, 7) is 2.05. The summed E-state index contributed by atoms with van der Waals surface area (Å²) < 4.78 is 0. The van der Waals surface area contributed by atoms with Gasteiger partial charge in [-0.3, -0.25) is 0 Å². The second-order valence-electron chi connectivity index (χ2n) is 5.37. The molecule has 96 valence electrons. The number of hydrogen-bond donors (Lipinski definition) is 1. The van der Waals surface area contributed by atoms with Gasteiger partial charge in [0.05, 0.1) is 10.7 Å². The van der Waals surface area contributed by atoms with Crippen LogP contribution in [-0.4, -0.2) is 35.6 Å². The number of rotatable bonds is 4. The van der Waals surface area contributed by atoms with E-state index in [1.54, 1.807) is 11.3 Å². The molecule has 0 amide bonds. The molecule has 2 rings (SSSR count). The van der Waals surface area contributed by atoms with E-state index in [1.807, 2.05) is 0 Å². The lowest BCUT2D eigenvalue weighted by Crippen LogP contribution is -2.56. The van der Waals surface area contributed by atoms with E-state index in [9.17, 15) is 0 Å². The smallest absolute Gasteiger partial charge is 0.0897 e. The van der Waals surface area contributed by atoms with E-state index in [4.69, 9.17) is 5.73 Å². The van der Waals surface area contributed by atoms with Crippen LogP contribution in [-0.2, 0) is 6.42 Å². The summed E-state index contributed by atoms with van der Waals surface area (Å²) in [4.78, 5) is 6.87. The fourth-order valence-corrected chi connectivity index (χ4v) is 3.68. The fraction of sp³-hybridized carbons (Fsp3) is 0.769. The van der Waals surface area contributed by atoms with Gasteiger partial charge in [-0.05, 0) is 33.9 Å². The minimum atomic E-state index is 0.192. The lowest BCUT2D eigenvalue weighted by molar-refractivity contribution is 0.122. The van der Waals surface area contributed by atoms with E-state index < -0.39 is 0 Å². The highest BCUT2D eigenvalue weighted by atomic mass is 32.1. The average Bonchev–Trinajstić information content (AvgIpc) is 2.87. The third kappa shape index (κ3) is 2.54. The summed E-state index contributed by atoms with van der Waals surface area (Å²) in [6.07, 6.45) is 5.97. The number of nitrogens with zero attached hydrogens (tertiary/aromatic N) is 2. The van der Waals surface area contributed by atoms with Crippen molar-refractivity contribution in [2.45, 2.75) is 50.6 Å². The van der Waals surface area contributed by atoms with Crippen LogP contribution in [0.1, 0.15) is 36.4 Å². The summed E-state index contributed by atoms with van der Waals surface area (Å²) >= 11 is 1.72. The highest BCUT2D eigenvalue weighted by molar-refractivity contribution is 7.09. The summed E-state index contributed by atoms with van der Waals surface area (Å²) in [7, 11) is 4.33. The Balaban J connectivity index is 2.09. The molecule has 1 saturated carbocycles. The molecule has 1 aromatic heterocycles. The van der Waals surface area contributed by atoms with Gasteiger partial charge < -0.3 is 10.6 Å². The van der Waals surface area contributed by atoms with Gasteiger partial charge in [0.25, 0.3) is 0 Å². The number of hydrogen-bond acceptors (Lipinski definition) is 4. The van der Waals surface area contributed by atoms with Crippen molar-refractivity contribution >= 4 is 11.3 Å². The minimum Gasteiger partial charge on any atom is -0.326 e. The molecule has 0 bridgehead atoms. The first kappa shape index (κ1) is 13.0. The van der Waals surface area contributed by atoms with Gasteiger partial charge >= 0.3 is 0 Å². The van der Waals surface area contributed by atoms with Crippen LogP contribution in [0, 0.1) is 6.92 Å². The minimum absolute atomic E-state index is 0.192. The topological polar surface area (TPSA) is 42.1 Å². The molecular weight excluding hydrogens is 230 g/mol. The summed E-state index contributed by atoms with van der Waals surface area (Å²) in [5.41, 5.74) is 7.83. The standard InChI is InChI=1S/C13H23N3S/c1-10-15-11(9-17-10)8-12(14)13(16(2)3)6-4-5-7-13/h9,12H,4-8,14H2,1-3H3. The first-order chi connectivity index (χ1) is 8.04. The molecular formula is C13H23N3S. The number of thiazole rings is 1. The van der Waals surface area contributed by atoms with Gasteiger partial charge in [-0.2, -0.15) is 0 Å². The Hall–Kier alpha value is -0.450. The highest BCUT2D eigenvalue weighted by Crippen LogP contribution is 2.36.